The Labute approximate surface area is 243 Å². The zero-order valence-electron chi connectivity index (χ0n) is 22.2. The molecule has 1 spiro atoms. The van der Waals surface area contributed by atoms with E-state index in [1.54, 1.807) is 17.0 Å². The van der Waals surface area contributed by atoms with Crippen LogP contribution in [0.3, 0.4) is 0 Å². The summed E-state index contributed by atoms with van der Waals surface area (Å²) in [5, 5.41) is 16.9. The lowest BCUT2D eigenvalue weighted by Gasteiger charge is -2.46. The quantitative estimate of drug-likeness (QED) is 0.320. The fourth-order valence-electron chi connectivity index (χ4n) is 5.36. The highest BCUT2D eigenvalue weighted by molar-refractivity contribution is 6.39. The summed E-state index contributed by atoms with van der Waals surface area (Å²) in [5.74, 6) is -1.40. The number of hydrogen-bond acceptors (Lipinski definition) is 7. The number of rotatable bonds is 8. The molecule has 2 atom stereocenters. The van der Waals surface area contributed by atoms with Gasteiger partial charge in [0.05, 0.1) is 41.5 Å². The number of aliphatic hydroxyl groups is 1. The van der Waals surface area contributed by atoms with Crippen LogP contribution in [0.25, 0.3) is 0 Å². The number of piperidine rings is 1. The second-order valence-corrected chi connectivity index (χ2v) is 10.6. The van der Waals surface area contributed by atoms with E-state index in [1.807, 2.05) is 35.2 Å². The molecule has 10 nitrogen and oxygen atoms in total. The number of aliphatic hydroxyl groups excluding tert-OH is 1. The summed E-state index contributed by atoms with van der Waals surface area (Å²) >= 11 is 12.2. The van der Waals surface area contributed by atoms with E-state index < -0.39 is 35.7 Å². The van der Waals surface area contributed by atoms with Gasteiger partial charge in [0.2, 0.25) is 0 Å². The van der Waals surface area contributed by atoms with Gasteiger partial charge in [-0.3, -0.25) is 9.69 Å². The molecular formula is C28H33Cl2N5O5. The standard InChI is InChI=1S/C28H33Cl2N5O5/c1-3-14-34-18-35(19-8-5-4-6-9-19)28(26(34)38)12-15-33(16-13-28)27(39)31-17-22(25(37)40-2)32-24(36)23-20(29)10-7-11-21(23)30/h3-11,22,26,38H,1,12-18H2,2H3,(H,31,39)(H,32,36)/t22-,26?/m0/s1. The number of anilines is 1. The molecule has 0 radical (unpaired) electrons. The Morgan fingerprint density at radius 3 is 2.38 bits per heavy atom. The summed E-state index contributed by atoms with van der Waals surface area (Å²) in [6.45, 7) is 5.47. The lowest BCUT2D eigenvalue weighted by atomic mass is 9.84. The minimum atomic E-state index is -1.16. The van der Waals surface area contributed by atoms with Gasteiger partial charge in [0.15, 0.2) is 0 Å². The molecule has 214 valence electrons. The smallest absolute Gasteiger partial charge is 0.330 e. The van der Waals surface area contributed by atoms with E-state index in [4.69, 9.17) is 27.9 Å². The first-order valence-electron chi connectivity index (χ1n) is 12.9. The number of hydrogen-bond donors (Lipinski definition) is 3. The average Bonchev–Trinajstić information content (AvgIpc) is 3.21. The number of nitrogens with one attached hydrogen (secondary N) is 2. The van der Waals surface area contributed by atoms with Crippen molar-refractivity contribution >= 4 is 46.8 Å². The summed E-state index contributed by atoms with van der Waals surface area (Å²) in [7, 11) is 1.19. The molecule has 2 aliphatic heterocycles. The summed E-state index contributed by atoms with van der Waals surface area (Å²) in [5.41, 5.74) is 0.454. The van der Waals surface area contributed by atoms with E-state index in [2.05, 4.69) is 22.1 Å². The predicted molar refractivity (Wildman–Crippen MR) is 153 cm³/mol. The number of benzene rings is 2. The topological polar surface area (TPSA) is 114 Å². The van der Waals surface area contributed by atoms with Gasteiger partial charge < -0.3 is 30.3 Å². The number of methoxy groups -OCH3 is 1. The highest BCUT2D eigenvalue weighted by atomic mass is 35.5. The van der Waals surface area contributed by atoms with Crippen molar-refractivity contribution in [2.45, 2.75) is 30.7 Å². The molecule has 12 heteroatoms. The normalized spacial score (nSPS) is 19.2. The van der Waals surface area contributed by atoms with Crippen molar-refractivity contribution in [1.29, 1.82) is 0 Å². The molecule has 2 aromatic carbocycles. The maximum atomic E-state index is 13.1. The van der Waals surface area contributed by atoms with E-state index in [0.29, 0.717) is 39.1 Å². The summed E-state index contributed by atoms with van der Waals surface area (Å²) in [6, 6.07) is 13.0. The fourth-order valence-corrected chi connectivity index (χ4v) is 5.93. The number of ether oxygens (including phenoxy) is 1. The zero-order chi connectivity index (χ0) is 28.9. The van der Waals surface area contributed by atoms with Crippen molar-refractivity contribution in [3.8, 4) is 0 Å². The average molecular weight is 591 g/mol. The number of urea groups is 1. The molecule has 4 rings (SSSR count). The highest BCUT2D eigenvalue weighted by Gasteiger charge is 2.53. The van der Waals surface area contributed by atoms with Crippen molar-refractivity contribution in [2.75, 3.05) is 44.9 Å². The van der Waals surface area contributed by atoms with Gasteiger partial charge in [0, 0.05) is 25.3 Å². The van der Waals surface area contributed by atoms with Gasteiger partial charge in [-0.25, -0.2) is 9.59 Å². The molecule has 3 amide bonds. The van der Waals surface area contributed by atoms with E-state index in [1.165, 1.54) is 19.2 Å². The molecular weight excluding hydrogens is 557 g/mol. The zero-order valence-corrected chi connectivity index (χ0v) is 23.7. The van der Waals surface area contributed by atoms with Crippen molar-refractivity contribution in [1.82, 2.24) is 20.4 Å². The maximum Gasteiger partial charge on any atom is 0.330 e. The minimum absolute atomic E-state index is 0.0241. The van der Waals surface area contributed by atoms with Crippen LogP contribution in [0.4, 0.5) is 10.5 Å². The summed E-state index contributed by atoms with van der Waals surface area (Å²) < 4.78 is 4.82. The van der Waals surface area contributed by atoms with Crippen LogP contribution in [0.2, 0.25) is 10.0 Å². The first kappa shape index (κ1) is 29.7. The number of nitrogens with zero attached hydrogens (tertiary/aromatic N) is 3. The fraction of sp³-hybridized carbons (Fsp3) is 0.393. The maximum absolute atomic E-state index is 13.1. The van der Waals surface area contributed by atoms with Crippen molar-refractivity contribution < 1.29 is 24.2 Å². The van der Waals surface area contributed by atoms with Crippen molar-refractivity contribution in [3.05, 3.63) is 76.8 Å². The van der Waals surface area contributed by atoms with Gasteiger partial charge in [-0.05, 0) is 37.1 Å². The molecule has 40 heavy (non-hydrogen) atoms. The molecule has 2 aromatic rings. The Morgan fingerprint density at radius 2 is 1.77 bits per heavy atom. The van der Waals surface area contributed by atoms with Gasteiger partial charge in [-0.15, -0.1) is 6.58 Å². The van der Waals surface area contributed by atoms with Gasteiger partial charge >= 0.3 is 12.0 Å². The highest BCUT2D eigenvalue weighted by Crippen LogP contribution is 2.41. The van der Waals surface area contributed by atoms with Crippen molar-refractivity contribution in [3.63, 3.8) is 0 Å². The number of carbonyl (C=O) groups excluding carboxylic acids is 3. The minimum Gasteiger partial charge on any atom is -0.467 e. The Morgan fingerprint density at radius 1 is 1.12 bits per heavy atom. The molecule has 3 N–H and O–H groups in total. The number of esters is 1. The lowest BCUT2D eigenvalue weighted by molar-refractivity contribution is -0.142. The summed E-state index contributed by atoms with van der Waals surface area (Å²) in [6.07, 6.45) is 2.11. The van der Waals surface area contributed by atoms with Gasteiger partial charge in [0.1, 0.15) is 12.3 Å². The largest absolute Gasteiger partial charge is 0.467 e. The molecule has 2 fully saturated rings. The van der Waals surface area contributed by atoms with Gasteiger partial charge in [0.25, 0.3) is 5.91 Å². The van der Waals surface area contributed by atoms with E-state index >= 15 is 0 Å². The van der Waals surface area contributed by atoms with E-state index in [9.17, 15) is 19.5 Å². The van der Waals surface area contributed by atoms with Gasteiger partial charge in [-0.2, -0.15) is 0 Å². The van der Waals surface area contributed by atoms with Crippen LogP contribution in [0, 0.1) is 0 Å². The Kier molecular flexibility index (Phi) is 9.57. The van der Waals surface area contributed by atoms with Crippen molar-refractivity contribution in [2.24, 2.45) is 0 Å². The second-order valence-electron chi connectivity index (χ2n) is 9.76. The van der Waals surface area contributed by atoms with Crippen LogP contribution >= 0.6 is 23.2 Å². The molecule has 0 aliphatic carbocycles. The van der Waals surface area contributed by atoms with Crippen LogP contribution in [0.5, 0.6) is 0 Å². The number of likely N-dealkylation sites (tertiary alicyclic amines) is 1. The Bertz CT molecular complexity index is 1220. The molecule has 2 aliphatic rings. The van der Waals surface area contributed by atoms with Crippen LogP contribution < -0.4 is 15.5 Å². The van der Waals surface area contributed by atoms with E-state index in [0.717, 1.165) is 5.69 Å². The van der Waals surface area contributed by atoms with Crippen LogP contribution in [-0.2, 0) is 9.53 Å². The monoisotopic (exact) mass is 589 g/mol. The first-order chi connectivity index (χ1) is 19.2. The van der Waals surface area contributed by atoms with Crippen LogP contribution in [-0.4, -0.2) is 90.6 Å². The summed E-state index contributed by atoms with van der Waals surface area (Å²) in [4.78, 5) is 44.1. The molecule has 0 aromatic heterocycles. The molecule has 1 unspecified atom stereocenters. The predicted octanol–water partition coefficient (Wildman–Crippen LogP) is 3.09. The molecule has 0 bridgehead atoms. The van der Waals surface area contributed by atoms with Gasteiger partial charge in [-0.1, -0.05) is 53.5 Å². The Balaban J connectivity index is 1.40. The number of amides is 3. The number of para-hydroxylation sites is 1. The SMILES string of the molecule is C=CCN1CN(c2ccccc2)C2(CCN(C(=O)NC[C@H](NC(=O)c3c(Cl)cccc3Cl)C(=O)OC)CC2)C1O. The third-order valence-corrected chi connectivity index (χ3v) is 8.10. The number of halogens is 2. The molecule has 2 heterocycles. The second kappa shape index (κ2) is 12.9. The van der Waals surface area contributed by atoms with Crippen LogP contribution in [0.15, 0.2) is 61.2 Å². The van der Waals surface area contributed by atoms with E-state index in [-0.39, 0.29) is 22.2 Å². The molecule has 2 saturated heterocycles. The van der Waals surface area contributed by atoms with Crippen LogP contribution in [0.1, 0.15) is 23.2 Å². The number of carbonyl (C=O) groups is 3. The first-order valence-corrected chi connectivity index (χ1v) is 13.7. The lowest BCUT2D eigenvalue weighted by Crippen LogP contribution is -2.60. The third-order valence-electron chi connectivity index (χ3n) is 7.47. The molecule has 0 saturated carbocycles. The Hall–Kier alpha value is -3.31. The third kappa shape index (κ3) is 6.05.